The number of anilines is 3. The maximum atomic E-state index is 14.0. The van der Waals surface area contributed by atoms with E-state index in [-0.39, 0.29) is 23.1 Å². The van der Waals surface area contributed by atoms with Gasteiger partial charge in [-0.05, 0) is 29.8 Å². The molecule has 0 spiro atoms. The number of nitrogen functional groups attached to an aromatic ring is 2. The minimum Gasteiger partial charge on any atom is -0.452 e. The molecule has 31 heavy (non-hydrogen) atoms. The van der Waals surface area contributed by atoms with Gasteiger partial charge in [-0.2, -0.15) is 5.10 Å². The molecular formula is C20H19FN8O2. The van der Waals surface area contributed by atoms with E-state index in [1.165, 1.54) is 26.3 Å². The van der Waals surface area contributed by atoms with Crippen LogP contribution in [0.2, 0.25) is 0 Å². The predicted octanol–water partition coefficient (Wildman–Crippen LogP) is 2.44. The second kappa shape index (κ2) is 7.86. The zero-order valence-corrected chi connectivity index (χ0v) is 16.8. The van der Waals surface area contributed by atoms with Crippen LogP contribution in [0.5, 0.6) is 0 Å². The van der Waals surface area contributed by atoms with E-state index in [1.54, 1.807) is 23.1 Å². The number of carbonyl (C=O) groups is 1. The predicted molar refractivity (Wildman–Crippen MR) is 114 cm³/mol. The average Bonchev–Trinajstić information content (AvgIpc) is 3.10. The first-order chi connectivity index (χ1) is 14.9. The standard InChI is InChI=1S/C20H19FN8O2/c1-28(20(30)31-2)16-17(22)25-19(26-18(16)23)15-13-6-5-12(21)8-14(13)29(27-15)10-11-4-3-7-24-9-11/h3-9H,10H2,1-2H3,(H4,22,23,25,26). The van der Waals surface area contributed by atoms with Crippen LogP contribution in [0.15, 0.2) is 42.7 Å². The number of pyridine rings is 1. The van der Waals surface area contributed by atoms with Crippen LogP contribution in [0, 0.1) is 5.82 Å². The number of benzene rings is 1. The average molecular weight is 422 g/mol. The Morgan fingerprint density at radius 3 is 2.61 bits per heavy atom. The number of nitrogens with zero attached hydrogens (tertiary/aromatic N) is 6. The number of hydrogen-bond acceptors (Lipinski definition) is 8. The first-order valence-electron chi connectivity index (χ1n) is 9.19. The normalized spacial score (nSPS) is 10.9. The van der Waals surface area contributed by atoms with Gasteiger partial charge in [0.05, 0.1) is 19.2 Å². The van der Waals surface area contributed by atoms with Gasteiger partial charge in [0.15, 0.2) is 17.5 Å². The van der Waals surface area contributed by atoms with Gasteiger partial charge >= 0.3 is 6.09 Å². The number of fused-ring (bicyclic) bond motifs is 1. The largest absolute Gasteiger partial charge is 0.452 e. The quantitative estimate of drug-likeness (QED) is 0.511. The zero-order chi connectivity index (χ0) is 22.1. The van der Waals surface area contributed by atoms with E-state index in [0.717, 1.165) is 10.5 Å². The minimum absolute atomic E-state index is 0.0209. The van der Waals surface area contributed by atoms with Crippen molar-refractivity contribution in [3.8, 4) is 11.5 Å². The molecule has 11 heteroatoms. The highest BCUT2D eigenvalue weighted by Gasteiger charge is 2.23. The Hall–Kier alpha value is -4.28. The molecule has 4 aromatic rings. The van der Waals surface area contributed by atoms with E-state index in [9.17, 15) is 9.18 Å². The molecule has 0 saturated heterocycles. The van der Waals surface area contributed by atoms with E-state index in [0.29, 0.717) is 23.1 Å². The van der Waals surface area contributed by atoms with Crippen molar-refractivity contribution in [2.45, 2.75) is 6.54 Å². The van der Waals surface area contributed by atoms with Crippen LogP contribution in [0.25, 0.3) is 22.4 Å². The summed E-state index contributed by atoms with van der Waals surface area (Å²) in [7, 11) is 2.68. The minimum atomic E-state index is -0.670. The Labute approximate surface area is 176 Å². The van der Waals surface area contributed by atoms with Gasteiger partial charge in [-0.25, -0.2) is 19.2 Å². The first-order valence-corrected chi connectivity index (χ1v) is 9.19. The highest BCUT2D eigenvalue weighted by molar-refractivity contribution is 5.96. The van der Waals surface area contributed by atoms with Crippen molar-refractivity contribution in [1.29, 1.82) is 0 Å². The fourth-order valence-electron chi connectivity index (χ4n) is 3.27. The van der Waals surface area contributed by atoms with Gasteiger partial charge in [-0.15, -0.1) is 0 Å². The maximum Gasteiger partial charge on any atom is 0.413 e. The Bertz CT molecular complexity index is 1250. The second-order valence-electron chi connectivity index (χ2n) is 6.72. The van der Waals surface area contributed by atoms with Gasteiger partial charge in [0.1, 0.15) is 17.2 Å². The molecule has 1 aromatic carbocycles. The molecule has 3 heterocycles. The smallest absolute Gasteiger partial charge is 0.413 e. The third-order valence-electron chi connectivity index (χ3n) is 4.70. The lowest BCUT2D eigenvalue weighted by Gasteiger charge is -2.18. The van der Waals surface area contributed by atoms with Crippen LogP contribution in [-0.2, 0) is 11.3 Å². The lowest BCUT2D eigenvalue weighted by atomic mass is 10.2. The Balaban J connectivity index is 1.84. The maximum absolute atomic E-state index is 14.0. The van der Waals surface area contributed by atoms with Gasteiger partial charge in [0.25, 0.3) is 0 Å². The topological polar surface area (TPSA) is 138 Å². The van der Waals surface area contributed by atoms with E-state index < -0.39 is 11.9 Å². The van der Waals surface area contributed by atoms with Crippen LogP contribution in [0.1, 0.15) is 5.56 Å². The van der Waals surface area contributed by atoms with Crippen molar-refractivity contribution in [2.24, 2.45) is 0 Å². The van der Waals surface area contributed by atoms with Gasteiger partial charge in [0.2, 0.25) is 0 Å². The molecule has 0 aliphatic rings. The van der Waals surface area contributed by atoms with Gasteiger partial charge in [-0.3, -0.25) is 14.6 Å². The van der Waals surface area contributed by atoms with Gasteiger partial charge < -0.3 is 16.2 Å². The molecule has 0 aliphatic heterocycles. The molecule has 0 bridgehead atoms. The molecule has 158 valence electrons. The lowest BCUT2D eigenvalue weighted by molar-refractivity contribution is 0.180. The number of rotatable bonds is 4. The van der Waals surface area contributed by atoms with Gasteiger partial charge in [-0.1, -0.05) is 6.07 Å². The summed E-state index contributed by atoms with van der Waals surface area (Å²) in [5.41, 5.74) is 14.1. The molecule has 0 radical (unpaired) electrons. The molecule has 1 amide bonds. The first kappa shape index (κ1) is 20.0. The van der Waals surface area contributed by atoms with Crippen molar-refractivity contribution >= 4 is 34.3 Å². The second-order valence-corrected chi connectivity index (χ2v) is 6.72. The molecule has 0 fully saturated rings. The molecule has 0 aliphatic carbocycles. The zero-order valence-electron chi connectivity index (χ0n) is 16.8. The van der Waals surface area contributed by atoms with E-state index in [2.05, 4.69) is 24.8 Å². The van der Waals surface area contributed by atoms with E-state index in [1.807, 2.05) is 12.1 Å². The van der Waals surface area contributed by atoms with Crippen molar-refractivity contribution in [1.82, 2.24) is 24.7 Å². The summed E-state index contributed by atoms with van der Waals surface area (Å²) < 4.78 is 20.3. The number of carbonyl (C=O) groups excluding carboxylic acids is 1. The summed E-state index contributed by atoms with van der Waals surface area (Å²) in [5, 5.41) is 5.21. The van der Waals surface area contributed by atoms with E-state index >= 15 is 0 Å². The summed E-state index contributed by atoms with van der Waals surface area (Å²) in [6.07, 6.45) is 2.70. The van der Waals surface area contributed by atoms with Crippen molar-refractivity contribution < 1.29 is 13.9 Å². The Morgan fingerprint density at radius 1 is 1.23 bits per heavy atom. The van der Waals surface area contributed by atoms with Crippen LogP contribution < -0.4 is 16.4 Å². The number of methoxy groups -OCH3 is 1. The molecule has 0 saturated carbocycles. The van der Waals surface area contributed by atoms with Gasteiger partial charge in [0, 0.05) is 24.8 Å². The molecular weight excluding hydrogens is 403 g/mol. The molecule has 0 unspecified atom stereocenters. The molecule has 4 rings (SSSR count). The third-order valence-corrected chi connectivity index (χ3v) is 4.70. The number of hydrogen-bond donors (Lipinski definition) is 2. The number of aromatic nitrogens is 5. The van der Waals surface area contributed by atoms with Crippen molar-refractivity contribution in [2.75, 3.05) is 30.5 Å². The Morgan fingerprint density at radius 2 is 1.97 bits per heavy atom. The summed E-state index contributed by atoms with van der Waals surface area (Å²) >= 11 is 0. The summed E-state index contributed by atoms with van der Waals surface area (Å²) in [5.74, 6) is -0.292. The van der Waals surface area contributed by atoms with Crippen LogP contribution in [-0.4, -0.2) is 45.0 Å². The number of amides is 1. The van der Waals surface area contributed by atoms with Crippen LogP contribution in [0.3, 0.4) is 0 Å². The van der Waals surface area contributed by atoms with Crippen molar-refractivity contribution in [3.63, 3.8) is 0 Å². The molecule has 4 N–H and O–H groups in total. The fraction of sp³-hybridized carbons (Fsp3) is 0.150. The monoisotopic (exact) mass is 422 g/mol. The highest BCUT2D eigenvalue weighted by Crippen LogP contribution is 2.32. The SMILES string of the molecule is COC(=O)N(C)c1c(N)nc(-c2nn(Cc3cccnc3)c3cc(F)ccc23)nc1N. The number of halogens is 1. The third kappa shape index (κ3) is 3.68. The molecule has 0 atom stereocenters. The Kier molecular flexibility index (Phi) is 5.07. The molecule has 10 nitrogen and oxygen atoms in total. The van der Waals surface area contributed by atoms with Crippen molar-refractivity contribution in [3.05, 3.63) is 54.1 Å². The summed E-state index contributed by atoms with van der Waals surface area (Å²) in [4.78, 5) is 25.6. The van der Waals surface area contributed by atoms with Crippen LogP contribution >= 0.6 is 0 Å². The number of nitrogens with two attached hydrogens (primary N) is 2. The lowest BCUT2D eigenvalue weighted by Crippen LogP contribution is -2.28. The fourth-order valence-corrected chi connectivity index (χ4v) is 3.27. The summed E-state index contributed by atoms with van der Waals surface area (Å²) in [6.45, 7) is 0.363. The van der Waals surface area contributed by atoms with Crippen LogP contribution in [0.4, 0.5) is 26.5 Å². The number of ether oxygens (including phenoxy) is 1. The summed E-state index contributed by atoms with van der Waals surface area (Å²) in [6, 6.07) is 8.01. The molecule has 3 aromatic heterocycles. The van der Waals surface area contributed by atoms with E-state index in [4.69, 9.17) is 11.5 Å². The highest BCUT2D eigenvalue weighted by atomic mass is 19.1.